The van der Waals surface area contributed by atoms with Crippen molar-refractivity contribution in [2.75, 3.05) is 6.61 Å². The lowest BCUT2D eigenvalue weighted by Gasteiger charge is -2.19. The zero-order valence-corrected chi connectivity index (χ0v) is 35.5. The largest absolute Gasteiger partial charge is 0.394 e. The Labute approximate surface area is 331 Å². The molecule has 53 heavy (non-hydrogen) atoms. The maximum atomic E-state index is 12.4. The minimum atomic E-state index is -0.868. The van der Waals surface area contributed by atoms with Gasteiger partial charge in [0, 0.05) is 6.42 Å². The summed E-state index contributed by atoms with van der Waals surface area (Å²) in [5.74, 6) is -0.0884. The summed E-state index contributed by atoms with van der Waals surface area (Å²) < 4.78 is 0. The van der Waals surface area contributed by atoms with E-state index in [0.29, 0.717) is 6.42 Å². The van der Waals surface area contributed by atoms with E-state index in [1.54, 1.807) is 6.08 Å². The molecule has 0 saturated carbocycles. The molecule has 0 aromatic heterocycles. The van der Waals surface area contributed by atoms with Crippen LogP contribution in [-0.2, 0) is 4.79 Å². The van der Waals surface area contributed by atoms with Gasteiger partial charge in [0.15, 0.2) is 0 Å². The minimum absolute atomic E-state index is 0.0884. The number of nitrogens with one attached hydrogen (secondary N) is 1. The van der Waals surface area contributed by atoms with E-state index in [4.69, 9.17) is 0 Å². The quantitative estimate of drug-likeness (QED) is 0.0431. The summed E-state index contributed by atoms with van der Waals surface area (Å²) in [5, 5.41) is 23.0. The van der Waals surface area contributed by atoms with Crippen molar-refractivity contribution in [2.45, 2.75) is 251 Å². The summed E-state index contributed by atoms with van der Waals surface area (Å²) in [6.07, 6.45) is 61.0. The Morgan fingerprint density at radius 2 is 0.811 bits per heavy atom. The smallest absolute Gasteiger partial charge is 0.220 e. The number of unbranched alkanes of at least 4 members (excludes halogenated alkanes) is 29. The molecule has 0 aliphatic carbocycles. The molecule has 2 atom stereocenters. The second-order valence-electron chi connectivity index (χ2n) is 15.8. The molecule has 0 aromatic carbocycles. The summed E-state index contributed by atoms with van der Waals surface area (Å²) >= 11 is 0. The third kappa shape index (κ3) is 41.4. The van der Waals surface area contributed by atoms with Gasteiger partial charge in [-0.3, -0.25) is 4.79 Å². The molecule has 0 aliphatic heterocycles. The van der Waals surface area contributed by atoms with Crippen molar-refractivity contribution in [3.05, 3.63) is 48.6 Å². The van der Waals surface area contributed by atoms with Crippen molar-refractivity contribution in [1.82, 2.24) is 5.32 Å². The lowest BCUT2D eigenvalue weighted by Crippen LogP contribution is -2.45. The van der Waals surface area contributed by atoms with Crippen LogP contribution in [0.4, 0.5) is 0 Å². The number of rotatable bonds is 42. The second-order valence-corrected chi connectivity index (χ2v) is 15.8. The van der Waals surface area contributed by atoms with E-state index in [-0.39, 0.29) is 12.5 Å². The van der Waals surface area contributed by atoms with Gasteiger partial charge in [-0.2, -0.15) is 0 Å². The van der Waals surface area contributed by atoms with Crippen LogP contribution in [-0.4, -0.2) is 34.9 Å². The molecule has 0 rings (SSSR count). The van der Waals surface area contributed by atoms with Crippen LogP contribution < -0.4 is 5.32 Å². The Balaban J connectivity index is 3.56. The predicted molar refractivity (Wildman–Crippen MR) is 235 cm³/mol. The molecule has 0 aromatic rings. The van der Waals surface area contributed by atoms with Crippen molar-refractivity contribution in [2.24, 2.45) is 0 Å². The molecule has 3 N–H and O–H groups in total. The highest BCUT2D eigenvalue weighted by atomic mass is 16.3. The fourth-order valence-corrected chi connectivity index (χ4v) is 6.92. The Kier molecular flexibility index (Phi) is 43.4. The number of aliphatic hydroxyl groups is 2. The van der Waals surface area contributed by atoms with Crippen LogP contribution in [0.1, 0.15) is 239 Å². The Bertz CT molecular complexity index is 847. The molecule has 4 nitrogen and oxygen atoms in total. The van der Waals surface area contributed by atoms with Crippen molar-refractivity contribution < 1.29 is 15.0 Å². The van der Waals surface area contributed by atoms with E-state index < -0.39 is 12.1 Å². The van der Waals surface area contributed by atoms with E-state index in [9.17, 15) is 15.0 Å². The molecular weight excluding hydrogens is 651 g/mol. The molecule has 0 bridgehead atoms. The molecule has 310 valence electrons. The van der Waals surface area contributed by atoms with Gasteiger partial charge >= 0.3 is 0 Å². The SMILES string of the molecule is CCCC/C=C\C/C=C\CCCCCCCC(=O)NC(CO)C(O)/C=C/CC/C=C/CCCCCCCCCCCCCCCCCCCCCCC. The third-order valence-corrected chi connectivity index (χ3v) is 10.5. The van der Waals surface area contributed by atoms with Crippen LogP contribution in [0.25, 0.3) is 0 Å². The first-order chi connectivity index (χ1) is 26.2. The van der Waals surface area contributed by atoms with Crippen molar-refractivity contribution in [3.8, 4) is 0 Å². The van der Waals surface area contributed by atoms with E-state index in [2.05, 4.69) is 55.6 Å². The molecular formula is C49H91NO3. The fraction of sp³-hybridized carbons (Fsp3) is 0.816. The number of carbonyl (C=O) groups is 1. The van der Waals surface area contributed by atoms with Crippen LogP contribution in [0, 0.1) is 0 Å². The average molecular weight is 742 g/mol. The first-order valence-corrected chi connectivity index (χ1v) is 23.4. The van der Waals surface area contributed by atoms with Gasteiger partial charge in [0.25, 0.3) is 0 Å². The second kappa shape index (κ2) is 44.7. The molecule has 1 amide bonds. The van der Waals surface area contributed by atoms with Gasteiger partial charge in [0.1, 0.15) is 0 Å². The molecule has 0 heterocycles. The van der Waals surface area contributed by atoms with Crippen molar-refractivity contribution >= 4 is 5.91 Å². The van der Waals surface area contributed by atoms with Gasteiger partial charge in [0.2, 0.25) is 5.91 Å². The zero-order chi connectivity index (χ0) is 38.6. The number of hydrogen-bond acceptors (Lipinski definition) is 3. The van der Waals surface area contributed by atoms with Gasteiger partial charge in [-0.25, -0.2) is 0 Å². The summed E-state index contributed by atoms with van der Waals surface area (Å²) in [6.45, 7) is 4.26. The average Bonchev–Trinajstić information content (AvgIpc) is 3.16. The summed E-state index contributed by atoms with van der Waals surface area (Å²) in [5.41, 5.74) is 0. The van der Waals surface area contributed by atoms with Gasteiger partial charge in [0.05, 0.1) is 18.8 Å². The van der Waals surface area contributed by atoms with E-state index in [0.717, 1.165) is 51.4 Å². The molecule has 0 radical (unpaired) electrons. The maximum Gasteiger partial charge on any atom is 0.220 e. The normalized spacial score (nSPS) is 13.4. The first kappa shape index (κ1) is 51.4. The number of amides is 1. The van der Waals surface area contributed by atoms with Gasteiger partial charge in [-0.1, -0.05) is 223 Å². The van der Waals surface area contributed by atoms with Gasteiger partial charge in [-0.15, -0.1) is 0 Å². The minimum Gasteiger partial charge on any atom is -0.394 e. The first-order valence-electron chi connectivity index (χ1n) is 23.4. The molecule has 0 saturated heterocycles. The lowest BCUT2D eigenvalue weighted by molar-refractivity contribution is -0.123. The molecule has 2 unspecified atom stereocenters. The van der Waals surface area contributed by atoms with Gasteiger partial charge < -0.3 is 15.5 Å². The number of allylic oxidation sites excluding steroid dienone is 7. The van der Waals surface area contributed by atoms with Crippen LogP contribution in [0.3, 0.4) is 0 Å². The third-order valence-electron chi connectivity index (χ3n) is 10.5. The topological polar surface area (TPSA) is 69.6 Å². The highest BCUT2D eigenvalue weighted by molar-refractivity contribution is 5.76. The fourth-order valence-electron chi connectivity index (χ4n) is 6.92. The molecule has 0 fully saturated rings. The summed E-state index contributed by atoms with van der Waals surface area (Å²) in [7, 11) is 0. The van der Waals surface area contributed by atoms with Gasteiger partial charge in [-0.05, 0) is 57.8 Å². The molecule has 0 spiro atoms. The Morgan fingerprint density at radius 3 is 1.26 bits per heavy atom. The summed E-state index contributed by atoms with van der Waals surface area (Å²) in [4.78, 5) is 12.4. The molecule has 4 heteroatoms. The Morgan fingerprint density at radius 1 is 0.453 bits per heavy atom. The number of hydrogen-bond donors (Lipinski definition) is 3. The number of carbonyl (C=O) groups excluding carboxylic acids is 1. The predicted octanol–water partition coefficient (Wildman–Crippen LogP) is 14.7. The monoisotopic (exact) mass is 742 g/mol. The van der Waals surface area contributed by atoms with Crippen LogP contribution >= 0.6 is 0 Å². The Hall–Kier alpha value is -1.65. The van der Waals surface area contributed by atoms with Crippen LogP contribution in [0.15, 0.2) is 48.6 Å². The van der Waals surface area contributed by atoms with Crippen molar-refractivity contribution in [1.29, 1.82) is 0 Å². The maximum absolute atomic E-state index is 12.4. The highest BCUT2D eigenvalue weighted by Crippen LogP contribution is 2.16. The van der Waals surface area contributed by atoms with E-state index in [1.807, 2.05) is 6.08 Å². The highest BCUT2D eigenvalue weighted by Gasteiger charge is 2.17. The zero-order valence-electron chi connectivity index (χ0n) is 35.5. The van der Waals surface area contributed by atoms with Crippen LogP contribution in [0.5, 0.6) is 0 Å². The van der Waals surface area contributed by atoms with E-state index >= 15 is 0 Å². The number of aliphatic hydroxyl groups excluding tert-OH is 2. The standard InChI is InChI=1S/C49H91NO3/c1-3-5-7-9-11-13-15-17-19-20-21-22-23-24-25-26-27-28-29-30-31-32-34-36-38-40-42-44-48(52)47(46-51)50-49(53)45-43-41-39-37-35-33-18-16-14-12-10-8-6-4-2/h10,12,16,18,34,36,42,44,47-48,51-52H,3-9,11,13-15,17,19-33,35,37-41,43,45-46H2,1-2H3,(H,50,53)/b12-10-,18-16-,36-34+,44-42+. The summed E-state index contributed by atoms with van der Waals surface area (Å²) in [6, 6.07) is -0.647. The molecule has 0 aliphatic rings. The lowest BCUT2D eigenvalue weighted by atomic mass is 10.0. The van der Waals surface area contributed by atoms with Crippen LogP contribution in [0.2, 0.25) is 0 Å². The van der Waals surface area contributed by atoms with E-state index in [1.165, 1.54) is 167 Å². The van der Waals surface area contributed by atoms with Crippen molar-refractivity contribution in [3.63, 3.8) is 0 Å².